The molecule has 0 radical (unpaired) electrons. The number of unbranched alkanes of at least 4 members (excludes halogenated alkanes) is 9. The van der Waals surface area contributed by atoms with Crippen molar-refractivity contribution < 1.29 is 5.11 Å². The molecular formula is C14H30Br2O. The molecule has 0 aromatic rings. The van der Waals surface area contributed by atoms with Crippen molar-refractivity contribution in [1.82, 2.24) is 0 Å². The average molecular weight is 374 g/mol. The van der Waals surface area contributed by atoms with Gasteiger partial charge in [-0.05, 0) is 19.8 Å². The molecule has 0 aromatic heterocycles. The summed E-state index contributed by atoms with van der Waals surface area (Å²) in [4.78, 5) is 0. The highest BCUT2D eigenvalue weighted by Gasteiger charge is 1.92. The molecule has 17 heavy (non-hydrogen) atoms. The van der Waals surface area contributed by atoms with Gasteiger partial charge in [0, 0.05) is 17.3 Å². The molecule has 0 unspecified atom stereocenters. The minimum Gasteiger partial charge on any atom is -0.397 e. The average Bonchev–Trinajstić information content (AvgIpc) is 2.33. The van der Waals surface area contributed by atoms with Gasteiger partial charge in [0.05, 0.1) is 0 Å². The third kappa shape index (κ3) is 26.5. The monoisotopic (exact) mass is 372 g/mol. The van der Waals surface area contributed by atoms with E-state index in [9.17, 15) is 0 Å². The highest BCUT2D eigenvalue weighted by atomic mass is 79.9. The van der Waals surface area contributed by atoms with Crippen LogP contribution in [-0.4, -0.2) is 22.4 Å². The van der Waals surface area contributed by atoms with Crippen LogP contribution in [0.25, 0.3) is 0 Å². The topological polar surface area (TPSA) is 20.2 Å². The van der Waals surface area contributed by atoms with Gasteiger partial charge in [-0.25, -0.2) is 0 Å². The number of halogens is 2. The number of hydrogen-bond donors (Lipinski definition) is 1. The van der Waals surface area contributed by atoms with Crippen molar-refractivity contribution in [3.05, 3.63) is 0 Å². The summed E-state index contributed by atoms with van der Waals surface area (Å²) in [6.07, 6.45) is 14.2. The molecule has 1 nitrogen and oxygen atoms in total. The number of alkyl halides is 2. The van der Waals surface area contributed by atoms with Crippen LogP contribution in [0, 0.1) is 0 Å². The van der Waals surface area contributed by atoms with Gasteiger partial charge in [0.25, 0.3) is 0 Å². The van der Waals surface area contributed by atoms with E-state index >= 15 is 0 Å². The van der Waals surface area contributed by atoms with Crippen molar-refractivity contribution in [2.45, 2.75) is 71.1 Å². The van der Waals surface area contributed by atoms with Crippen LogP contribution < -0.4 is 0 Å². The number of rotatable bonds is 11. The van der Waals surface area contributed by atoms with E-state index in [1.54, 1.807) is 6.92 Å². The number of aliphatic hydroxyl groups is 1. The highest BCUT2D eigenvalue weighted by molar-refractivity contribution is 9.09. The largest absolute Gasteiger partial charge is 0.397 e. The SMILES string of the molecule is BrCCCCCCCCCCCCBr.CCO. The zero-order chi connectivity index (χ0) is 13.2. The molecule has 0 aromatic carbocycles. The van der Waals surface area contributed by atoms with Gasteiger partial charge in [0.15, 0.2) is 0 Å². The summed E-state index contributed by atoms with van der Waals surface area (Å²) in [6.45, 7) is 1.93. The Morgan fingerprint density at radius 3 is 0.941 bits per heavy atom. The summed E-state index contributed by atoms with van der Waals surface area (Å²) in [5.74, 6) is 0. The van der Waals surface area contributed by atoms with Crippen LogP contribution in [0.2, 0.25) is 0 Å². The highest BCUT2D eigenvalue weighted by Crippen LogP contribution is 2.11. The summed E-state index contributed by atoms with van der Waals surface area (Å²) < 4.78 is 0. The fourth-order valence-corrected chi connectivity index (χ4v) is 2.40. The van der Waals surface area contributed by atoms with E-state index in [-0.39, 0.29) is 6.61 Å². The van der Waals surface area contributed by atoms with Crippen molar-refractivity contribution in [2.75, 3.05) is 17.3 Å². The van der Waals surface area contributed by atoms with Crippen molar-refractivity contribution in [3.63, 3.8) is 0 Å². The first-order valence-corrected chi connectivity index (χ1v) is 9.30. The molecular weight excluding hydrogens is 344 g/mol. The Hall–Kier alpha value is 0.920. The molecule has 106 valence electrons. The Morgan fingerprint density at radius 2 is 0.765 bits per heavy atom. The van der Waals surface area contributed by atoms with Gasteiger partial charge in [-0.15, -0.1) is 0 Å². The van der Waals surface area contributed by atoms with Crippen LogP contribution in [0.3, 0.4) is 0 Å². The van der Waals surface area contributed by atoms with Gasteiger partial charge in [-0.3, -0.25) is 0 Å². The lowest BCUT2D eigenvalue weighted by Gasteiger charge is -2.01. The van der Waals surface area contributed by atoms with E-state index in [1.807, 2.05) is 0 Å². The second-order valence-electron chi connectivity index (χ2n) is 4.23. The second-order valence-corrected chi connectivity index (χ2v) is 5.82. The molecule has 0 amide bonds. The molecule has 0 aliphatic carbocycles. The molecule has 0 rings (SSSR count). The predicted octanol–water partition coefficient (Wildman–Crippen LogP) is 5.68. The zero-order valence-corrected chi connectivity index (χ0v) is 14.6. The lowest BCUT2D eigenvalue weighted by Crippen LogP contribution is -1.82. The van der Waals surface area contributed by atoms with Crippen LogP contribution in [-0.2, 0) is 0 Å². The number of hydrogen-bond acceptors (Lipinski definition) is 1. The zero-order valence-electron chi connectivity index (χ0n) is 11.4. The molecule has 0 saturated heterocycles. The summed E-state index contributed by atoms with van der Waals surface area (Å²) in [6, 6.07) is 0. The van der Waals surface area contributed by atoms with Crippen LogP contribution in [0.1, 0.15) is 71.1 Å². The quantitative estimate of drug-likeness (QED) is 0.365. The van der Waals surface area contributed by atoms with Gasteiger partial charge >= 0.3 is 0 Å². The number of aliphatic hydroxyl groups excluding tert-OH is 1. The predicted molar refractivity (Wildman–Crippen MR) is 86.5 cm³/mol. The third-order valence-electron chi connectivity index (χ3n) is 2.52. The van der Waals surface area contributed by atoms with Gasteiger partial charge in [-0.2, -0.15) is 0 Å². The fraction of sp³-hybridized carbons (Fsp3) is 1.00. The molecule has 1 N–H and O–H groups in total. The molecule has 0 heterocycles. The standard InChI is InChI=1S/C12H24Br2.C2H6O/c13-11-9-7-5-3-1-2-4-6-8-10-12-14;1-2-3/h1-12H2;3H,2H2,1H3. The van der Waals surface area contributed by atoms with E-state index in [0.717, 1.165) is 0 Å². The van der Waals surface area contributed by atoms with E-state index in [1.165, 1.54) is 74.9 Å². The van der Waals surface area contributed by atoms with E-state index < -0.39 is 0 Å². The molecule has 3 heteroatoms. The molecule has 0 aliphatic heterocycles. The van der Waals surface area contributed by atoms with Gasteiger partial charge in [0.1, 0.15) is 0 Å². The maximum absolute atomic E-state index is 7.57. The lowest BCUT2D eigenvalue weighted by molar-refractivity contribution is 0.318. The normalized spacial score (nSPS) is 9.88. The van der Waals surface area contributed by atoms with Crippen molar-refractivity contribution in [1.29, 1.82) is 0 Å². The first-order chi connectivity index (χ1) is 8.33. The lowest BCUT2D eigenvalue weighted by atomic mass is 10.1. The van der Waals surface area contributed by atoms with Crippen LogP contribution >= 0.6 is 31.9 Å². The van der Waals surface area contributed by atoms with Crippen LogP contribution in [0.15, 0.2) is 0 Å². The summed E-state index contributed by atoms with van der Waals surface area (Å²) in [7, 11) is 0. The van der Waals surface area contributed by atoms with E-state index in [4.69, 9.17) is 5.11 Å². The van der Waals surface area contributed by atoms with Crippen molar-refractivity contribution in [2.24, 2.45) is 0 Å². The first kappa shape index (κ1) is 20.2. The molecule has 0 saturated carbocycles. The van der Waals surface area contributed by atoms with Crippen LogP contribution in [0.5, 0.6) is 0 Å². The third-order valence-corrected chi connectivity index (χ3v) is 3.64. The Kier molecular flexibility index (Phi) is 26.4. The minimum atomic E-state index is 0.250. The Morgan fingerprint density at radius 1 is 0.588 bits per heavy atom. The Labute approximate surface area is 125 Å². The summed E-state index contributed by atoms with van der Waals surface area (Å²) >= 11 is 6.93. The molecule has 0 atom stereocenters. The molecule has 0 bridgehead atoms. The van der Waals surface area contributed by atoms with Crippen molar-refractivity contribution >= 4 is 31.9 Å². The van der Waals surface area contributed by atoms with Gasteiger partial charge in [-0.1, -0.05) is 83.2 Å². The maximum Gasteiger partial charge on any atom is 0.0402 e. The van der Waals surface area contributed by atoms with Gasteiger partial charge < -0.3 is 5.11 Å². The smallest absolute Gasteiger partial charge is 0.0402 e. The molecule has 0 fully saturated rings. The minimum absolute atomic E-state index is 0.250. The van der Waals surface area contributed by atoms with Crippen LogP contribution in [0.4, 0.5) is 0 Å². The first-order valence-electron chi connectivity index (χ1n) is 7.06. The Bertz CT molecular complexity index is 98.4. The van der Waals surface area contributed by atoms with Crippen molar-refractivity contribution in [3.8, 4) is 0 Å². The van der Waals surface area contributed by atoms with E-state index in [0.29, 0.717) is 0 Å². The Balaban J connectivity index is 0. The molecule has 0 spiro atoms. The van der Waals surface area contributed by atoms with E-state index in [2.05, 4.69) is 31.9 Å². The molecule has 0 aliphatic rings. The fourth-order valence-electron chi connectivity index (χ4n) is 1.60. The summed E-state index contributed by atoms with van der Waals surface area (Å²) in [5.41, 5.74) is 0. The maximum atomic E-state index is 7.57. The summed E-state index contributed by atoms with van der Waals surface area (Å²) in [5, 5.41) is 9.93. The second kappa shape index (κ2) is 22.1. The van der Waals surface area contributed by atoms with Gasteiger partial charge in [0.2, 0.25) is 0 Å².